The van der Waals surface area contributed by atoms with E-state index in [1.807, 2.05) is 24.3 Å². The molecule has 0 aliphatic carbocycles. The topological polar surface area (TPSA) is 88.1 Å². The summed E-state index contributed by atoms with van der Waals surface area (Å²) >= 11 is 3.16. The first-order valence-corrected chi connectivity index (χ1v) is 9.89. The van der Waals surface area contributed by atoms with Crippen LogP contribution in [0.25, 0.3) is 23.0 Å². The van der Waals surface area contributed by atoms with Gasteiger partial charge in [0.2, 0.25) is 5.82 Å². The molecular weight excluding hydrogens is 457 g/mol. The van der Waals surface area contributed by atoms with Gasteiger partial charge in [0, 0.05) is 5.56 Å². The molecule has 0 saturated heterocycles. The molecule has 0 amide bonds. The van der Waals surface area contributed by atoms with Crippen molar-refractivity contribution in [1.82, 2.24) is 25.1 Å². The lowest BCUT2D eigenvalue weighted by atomic mass is 10.1. The van der Waals surface area contributed by atoms with Gasteiger partial charge >= 0.3 is 0 Å². The summed E-state index contributed by atoms with van der Waals surface area (Å²) in [7, 11) is 1.63. The van der Waals surface area contributed by atoms with Crippen LogP contribution in [0.2, 0.25) is 0 Å². The van der Waals surface area contributed by atoms with Crippen LogP contribution in [0.15, 0.2) is 51.5 Å². The van der Waals surface area contributed by atoms with Crippen molar-refractivity contribution in [2.45, 2.75) is 19.3 Å². The number of methoxy groups -OCH3 is 1. The minimum Gasteiger partial charge on any atom is -0.497 e. The predicted molar refractivity (Wildman–Crippen MR) is 107 cm³/mol. The number of rotatable bonds is 4. The molecule has 0 bridgehead atoms. The molecule has 3 heterocycles. The number of benzene rings is 2. The van der Waals surface area contributed by atoms with E-state index in [4.69, 9.17) is 14.0 Å². The first-order chi connectivity index (χ1) is 14.6. The highest BCUT2D eigenvalue weighted by molar-refractivity contribution is 9.10. The zero-order valence-electron chi connectivity index (χ0n) is 15.7. The first kappa shape index (κ1) is 18.9. The van der Waals surface area contributed by atoms with Gasteiger partial charge in [-0.3, -0.25) is 0 Å². The van der Waals surface area contributed by atoms with Crippen LogP contribution in [-0.2, 0) is 17.9 Å². The van der Waals surface area contributed by atoms with Gasteiger partial charge in [-0.2, -0.15) is 4.98 Å². The number of hydrogen-bond acceptors (Lipinski definition) is 7. The molecule has 0 spiro atoms. The summed E-state index contributed by atoms with van der Waals surface area (Å²) in [5.74, 6) is 0.970. The van der Waals surface area contributed by atoms with Gasteiger partial charge in [-0.15, -0.1) is 5.10 Å². The van der Waals surface area contributed by atoms with E-state index in [1.165, 1.54) is 6.07 Å². The highest BCUT2D eigenvalue weighted by atomic mass is 79.9. The van der Waals surface area contributed by atoms with Gasteiger partial charge in [0.05, 0.1) is 30.4 Å². The Kier molecular flexibility index (Phi) is 4.80. The Bertz CT molecular complexity index is 1220. The summed E-state index contributed by atoms with van der Waals surface area (Å²) in [5, 5.41) is 12.4. The highest BCUT2D eigenvalue weighted by Crippen LogP contribution is 2.32. The Morgan fingerprint density at radius 2 is 2.13 bits per heavy atom. The summed E-state index contributed by atoms with van der Waals surface area (Å²) in [6.07, 6.45) is -0.169. The number of nitrogens with zero attached hydrogens (tertiary/aromatic N) is 5. The zero-order valence-corrected chi connectivity index (χ0v) is 17.3. The molecule has 0 fully saturated rings. The van der Waals surface area contributed by atoms with Crippen molar-refractivity contribution >= 4 is 15.9 Å². The number of ether oxygens (including phenoxy) is 2. The van der Waals surface area contributed by atoms with Gasteiger partial charge in [0.1, 0.15) is 17.7 Å². The minimum atomic E-state index is -0.363. The van der Waals surface area contributed by atoms with Crippen LogP contribution >= 0.6 is 15.9 Å². The normalized spacial score (nSPS) is 15.8. The molecule has 0 saturated carbocycles. The molecule has 8 nitrogen and oxygen atoms in total. The minimum absolute atomic E-state index is 0.169. The van der Waals surface area contributed by atoms with Crippen molar-refractivity contribution in [3.63, 3.8) is 0 Å². The summed E-state index contributed by atoms with van der Waals surface area (Å²) in [6, 6.07) is 12.2. The second-order valence-corrected chi connectivity index (χ2v) is 7.55. The number of aromatic nitrogens is 5. The quantitative estimate of drug-likeness (QED) is 0.441. The van der Waals surface area contributed by atoms with E-state index in [9.17, 15) is 4.39 Å². The molecule has 0 radical (unpaired) electrons. The molecule has 5 rings (SSSR count). The molecule has 4 aromatic rings. The van der Waals surface area contributed by atoms with Gasteiger partial charge < -0.3 is 14.0 Å². The number of fused-ring (bicyclic) bond motifs is 1. The van der Waals surface area contributed by atoms with Crippen LogP contribution in [0.4, 0.5) is 4.39 Å². The fourth-order valence-electron chi connectivity index (χ4n) is 3.29. The fourth-order valence-corrected chi connectivity index (χ4v) is 3.67. The van der Waals surface area contributed by atoms with E-state index in [0.717, 1.165) is 17.0 Å². The van der Waals surface area contributed by atoms with E-state index in [2.05, 4.69) is 36.4 Å². The molecule has 10 heteroatoms. The van der Waals surface area contributed by atoms with Gasteiger partial charge in [-0.05, 0) is 51.8 Å². The largest absolute Gasteiger partial charge is 0.497 e. The second-order valence-electron chi connectivity index (χ2n) is 6.70. The third-order valence-electron chi connectivity index (χ3n) is 4.87. The molecule has 1 aliphatic heterocycles. The molecule has 0 unspecified atom stereocenters. The monoisotopic (exact) mass is 471 g/mol. The van der Waals surface area contributed by atoms with Crippen LogP contribution in [0.3, 0.4) is 0 Å². The number of halogens is 2. The molecule has 30 heavy (non-hydrogen) atoms. The summed E-state index contributed by atoms with van der Waals surface area (Å²) in [6.45, 7) is 0.797. The Morgan fingerprint density at radius 1 is 1.23 bits per heavy atom. The van der Waals surface area contributed by atoms with Crippen LogP contribution in [0.5, 0.6) is 5.75 Å². The molecule has 2 aromatic carbocycles. The molecule has 152 valence electrons. The average Bonchev–Trinajstić information content (AvgIpc) is 3.42. The fraction of sp³-hybridized carbons (Fsp3) is 0.200. The van der Waals surface area contributed by atoms with Gasteiger partial charge in [-0.25, -0.2) is 9.07 Å². The summed E-state index contributed by atoms with van der Waals surface area (Å²) in [5.41, 5.74) is 2.84. The Morgan fingerprint density at radius 3 is 2.97 bits per heavy atom. The lowest BCUT2D eigenvalue weighted by molar-refractivity contribution is -0.00127. The maximum Gasteiger partial charge on any atom is 0.280 e. The summed E-state index contributed by atoms with van der Waals surface area (Å²) < 4.78 is 32.3. The first-order valence-electron chi connectivity index (χ1n) is 9.10. The molecule has 2 aromatic heterocycles. The van der Waals surface area contributed by atoms with Crippen molar-refractivity contribution in [3.05, 3.63) is 64.0 Å². The maximum atomic E-state index is 13.5. The second kappa shape index (κ2) is 7.62. The predicted octanol–water partition coefficient (Wildman–Crippen LogP) is 4.18. The van der Waals surface area contributed by atoms with Gasteiger partial charge in [0.15, 0.2) is 5.69 Å². The Hall–Kier alpha value is -3.11. The van der Waals surface area contributed by atoms with Crippen LogP contribution in [0.1, 0.15) is 17.4 Å². The van der Waals surface area contributed by atoms with Crippen molar-refractivity contribution in [2.24, 2.45) is 0 Å². The van der Waals surface area contributed by atoms with Crippen LogP contribution < -0.4 is 4.74 Å². The SMILES string of the molecule is COc1cccc([C@H]2Cn3nnc(-c4nc(-c5ccc(F)c(Br)c5)no4)c3CO2)c1. The smallest absolute Gasteiger partial charge is 0.280 e. The summed E-state index contributed by atoms with van der Waals surface area (Å²) in [4.78, 5) is 4.39. The van der Waals surface area contributed by atoms with Gasteiger partial charge in [0.25, 0.3) is 5.89 Å². The third-order valence-corrected chi connectivity index (χ3v) is 5.48. The highest BCUT2D eigenvalue weighted by Gasteiger charge is 2.28. The van der Waals surface area contributed by atoms with Crippen molar-refractivity contribution in [3.8, 4) is 28.7 Å². The van der Waals surface area contributed by atoms with Crippen LogP contribution in [-0.4, -0.2) is 32.2 Å². The lowest BCUT2D eigenvalue weighted by Crippen LogP contribution is -2.22. The molecule has 0 N–H and O–H groups in total. The standard InChI is InChI=1S/C20H15BrFN5O3/c1-28-13-4-2-3-11(7-13)17-9-27-16(10-29-17)18(24-26-27)20-23-19(25-30-20)12-5-6-15(22)14(21)8-12/h2-8,17H,9-10H2,1H3/t17-/m1/s1. The van der Waals surface area contributed by atoms with E-state index in [0.29, 0.717) is 34.7 Å². The zero-order chi connectivity index (χ0) is 20.7. The maximum absolute atomic E-state index is 13.5. The lowest BCUT2D eigenvalue weighted by Gasteiger charge is -2.24. The molecular formula is C20H15BrFN5O3. The molecule has 1 atom stereocenters. The van der Waals surface area contributed by atoms with E-state index in [1.54, 1.807) is 23.9 Å². The Balaban J connectivity index is 1.41. The number of hydrogen-bond donors (Lipinski definition) is 0. The Labute approximate surface area is 178 Å². The van der Waals surface area contributed by atoms with E-state index < -0.39 is 0 Å². The van der Waals surface area contributed by atoms with Crippen molar-refractivity contribution in [1.29, 1.82) is 0 Å². The van der Waals surface area contributed by atoms with Crippen molar-refractivity contribution < 1.29 is 18.4 Å². The average molecular weight is 472 g/mol. The van der Waals surface area contributed by atoms with Crippen molar-refractivity contribution in [2.75, 3.05) is 7.11 Å². The molecule has 1 aliphatic rings. The third kappa shape index (κ3) is 3.37. The van der Waals surface area contributed by atoms with Crippen LogP contribution in [0, 0.1) is 5.82 Å². The van der Waals surface area contributed by atoms with E-state index >= 15 is 0 Å². The van der Waals surface area contributed by atoms with Gasteiger partial charge in [-0.1, -0.05) is 22.5 Å². The van der Waals surface area contributed by atoms with E-state index in [-0.39, 0.29) is 17.8 Å².